The van der Waals surface area contributed by atoms with Gasteiger partial charge in [0, 0.05) is 19.7 Å². The van der Waals surface area contributed by atoms with Crippen LogP contribution in [0.4, 0.5) is 5.69 Å². The summed E-state index contributed by atoms with van der Waals surface area (Å²) < 4.78 is 15.9. The molecule has 3 aromatic carbocycles. The van der Waals surface area contributed by atoms with Crippen LogP contribution >= 0.6 is 0 Å². The fraction of sp³-hybridized carbons (Fsp3) is 0.185. The van der Waals surface area contributed by atoms with Crippen molar-refractivity contribution in [1.29, 1.82) is 0 Å². The zero-order valence-corrected chi connectivity index (χ0v) is 19.6. The quantitative estimate of drug-likeness (QED) is 0.473. The molecule has 34 heavy (non-hydrogen) atoms. The molecule has 7 nitrogen and oxygen atoms in total. The molecular formula is C27H26N2O5. The molecule has 2 amide bonds. The Kier molecular flexibility index (Phi) is 6.54. The number of benzene rings is 3. The predicted molar refractivity (Wildman–Crippen MR) is 130 cm³/mol. The molecule has 0 bridgehead atoms. The first-order valence-electron chi connectivity index (χ1n) is 10.7. The van der Waals surface area contributed by atoms with Crippen molar-refractivity contribution in [2.75, 3.05) is 33.3 Å². The van der Waals surface area contributed by atoms with Crippen LogP contribution in [0, 0.1) is 0 Å². The number of imide groups is 1. The number of hydrogen-bond acceptors (Lipinski definition) is 6. The van der Waals surface area contributed by atoms with E-state index >= 15 is 0 Å². The topological polar surface area (TPSA) is 68.3 Å². The Morgan fingerprint density at radius 3 is 2.06 bits per heavy atom. The van der Waals surface area contributed by atoms with Crippen LogP contribution in [0.3, 0.4) is 0 Å². The molecule has 0 saturated heterocycles. The lowest BCUT2D eigenvalue weighted by atomic mass is 10.0. The van der Waals surface area contributed by atoms with Crippen molar-refractivity contribution in [2.24, 2.45) is 0 Å². The van der Waals surface area contributed by atoms with Crippen LogP contribution in [0.15, 0.2) is 78.5 Å². The maximum absolute atomic E-state index is 13.7. The van der Waals surface area contributed by atoms with E-state index in [1.165, 1.54) is 19.1 Å². The zero-order chi connectivity index (χ0) is 24.2. The van der Waals surface area contributed by atoms with Gasteiger partial charge in [-0.05, 0) is 35.4 Å². The van der Waals surface area contributed by atoms with Gasteiger partial charge in [0.25, 0.3) is 11.8 Å². The van der Waals surface area contributed by atoms with Crippen LogP contribution in [0.1, 0.15) is 11.1 Å². The van der Waals surface area contributed by atoms with Gasteiger partial charge in [-0.25, -0.2) is 4.90 Å². The largest absolute Gasteiger partial charge is 0.497 e. The van der Waals surface area contributed by atoms with E-state index in [9.17, 15) is 9.59 Å². The molecule has 0 N–H and O–H groups in total. The van der Waals surface area contributed by atoms with Crippen molar-refractivity contribution in [3.8, 4) is 17.2 Å². The summed E-state index contributed by atoms with van der Waals surface area (Å²) in [5, 5.41) is 0. The molecule has 0 aliphatic carbocycles. The molecule has 0 radical (unpaired) electrons. The molecule has 0 fully saturated rings. The number of nitrogens with zero attached hydrogens (tertiary/aromatic N) is 2. The third-order valence-corrected chi connectivity index (χ3v) is 5.71. The van der Waals surface area contributed by atoms with Crippen LogP contribution in [0.25, 0.3) is 5.57 Å². The Balaban J connectivity index is 1.79. The molecule has 174 valence electrons. The van der Waals surface area contributed by atoms with Gasteiger partial charge < -0.3 is 19.1 Å². The molecule has 3 aromatic rings. The van der Waals surface area contributed by atoms with Crippen molar-refractivity contribution in [1.82, 2.24) is 4.90 Å². The molecule has 1 aliphatic rings. The second kappa shape index (κ2) is 9.70. The van der Waals surface area contributed by atoms with E-state index in [4.69, 9.17) is 14.2 Å². The van der Waals surface area contributed by atoms with Crippen LogP contribution in [-0.4, -0.2) is 45.1 Å². The van der Waals surface area contributed by atoms with Crippen molar-refractivity contribution in [3.63, 3.8) is 0 Å². The summed E-state index contributed by atoms with van der Waals surface area (Å²) in [6, 6.07) is 21.9. The van der Waals surface area contributed by atoms with E-state index in [-0.39, 0.29) is 0 Å². The highest BCUT2D eigenvalue weighted by Crippen LogP contribution is 2.38. The van der Waals surface area contributed by atoms with Crippen molar-refractivity contribution in [2.45, 2.75) is 6.54 Å². The number of amides is 2. The summed E-state index contributed by atoms with van der Waals surface area (Å²) in [5.74, 6) is 0.795. The number of ether oxygens (including phenoxy) is 3. The molecule has 0 spiro atoms. The van der Waals surface area contributed by atoms with Gasteiger partial charge in [-0.15, -0.1) is 0 Å². The molecule has 7 heteroatoms. The van der Waals surface area contributed by atoms with E-state index in [0.717, 1.165) is 5.56 Å². The van der Waals surface area contributed by atoms with E-state index in [1.54, 1.807) is 49.6 Å². The Bertz CT molecular complexity index is 1240. The van der Waals surface area contributed by atoms with E-state index in [2.05, 4.69) is 0 Å². The minimum Gasteiger partial charge on any atom is -0.497 e. The van der Waals surface area contributed by atoms with Gasteiger partial charge in [-0.1, -0.05) is 42.5 Å². The number of rotatable bonds is 8. The van der Waals surface area contributed by atoms with Crippen LogP contribution < -0.4 is 19.1 Å². The highest BCUT2D eigenvalue weighted by molar-refractivity contribution is 6.45. The van der Waals surface area contributed by atoms with Crippen LogP contribution in [0.2, 0.25) is 0 Å². The molecule has 1 heterocycles. The summed E-state index contributed by atoms with van der Waals surface area (Å²) in [7, 11) is 6.44. The molecule has 1 aliphatic heterocycles. The number of hydrogen-bond donors (Lipinski definition) is 0. The van der Waals surface area contributed by atoms with Gasteiger partial charge in [0.15, 0.2) is 11.5 Å². The van der Waals surface area contributed by atoms with Gasteiger partial charge in [0.1, 0.15) is 11.4 Å². The average molecular weight is 459 g/mol. The first-order chi connectivity index (χ1) is 16.5. The Morgan fingerprint density at radius 1 is 0.765 bits per heavy atom. The van der Waals surface area contributed by atoms with Crippen molar-refractivity contribution >= 4 is 23.1 Å². The SMILES string of the molecule is COc1ccc(C2=C(N(C)Cc3ccccc3)C(=O)N(c3ccc(OC)c(OC)c3)C2=O)cc1. The second-order valence-corrected chi connectivity index (χ2v) is 7.78. The van der Waals surface area contributed by atoms with Gasteiger partial charge in [-0.2, -0.15) is 0 Å². The zero-order valence-electron chi connectivity index (χ0n) is 19.6. The normalized spacial score (nSPS) is 13.4. The first-order valence-corrected chi connectivity index (χ1v) is 10.7. The molecule has 0 saturated carbocycles. The van der Waals surface area contributed by atoms with E-state index < -0.39 is 11.8 Å². The summed E-state index contributed by atoms with van der Waals surface area (Å²) in [6.07, 6.45) is 0. The fourth-order valence-electron chi connectivity index (χ4n) is 4.03. The number of likely N-dealkylation sites (N-methyl/N-ethyl adjacent to an activating group) is 1. The molecular weight excluding hydrogens is 432 g/mol. The first kappa shape index (κ1) is 22.9. The predicted octanol–water partition coefficient (Wildman–Crippen LogP) is 4.13. The minimum atomic E-state index is -0.405. The van der Waals surface area contributed by atoms with Crippen molar-refractivity contribution in [3.05, 3.63) is 89.6 Å². The summed E-state index contributed by atoms with van der Waals surface area (Å²) in [6.45, 7) is 0.467. The van der Waals surface area contributed by atoms with Gasteiger partial charge in [0.2, 0.25) is 0 Å². The Labute approximate surface area is 198 Å². The number of carbonyl (C=O) groups is 2. The standard InChI is InChI=1S/C27H26N2O5/c1-28(17-18-8-6-5-7-9-18)25-24(19-10-13-21(32-2)14-11-19)26(30)29(27(25)31)20-12-15-22(33-3)23(16-20)34-4/h5-16H,17H2,1-4H3. The maximum Gasteiger partial charge on any atom is 0.282 e. The number of anilines is 1. The maximum atomic E-state index is 13.7. The summed E-state index contributed by atoms with van der Waals surface area (Å²) >= 11 is 0. The van der Waals surface area contributed by atoms with Crippen LogP contribution in [0.5, 0.6) is 17.2 Å². The second-order valence-electron chi connectivity index (χ2n) is 7.78. The van der Waals surface area contributed by atoms with E-state index in [0.29, 0.717) is 46.3 Å². The Hall–Kier alpha value is -4.26. The summed E-state index contributed by atoms with van der Waals surface area (Å²) in [4.78, 5) is 30.4. The average Bonchev–Trinajstić information content (AvgIpc) is 3.14. The van der Waals surface area contributed by atoms with Gasteiger partial charge in [0.05, 0.1) is 32.6 Å². The fourth-order valence-corrected chi connectivity index (χ4v) is 4.03. The third kappa shape index (κ3) is 4.20. The highest BCUT2D eigenvalue weighted by Gasteiger charge is 2.42. The molecule has 4 rings (SSSR count). The monoisotopic (exact) mass is 458 g/mol. The van der Waals surface area contributed by atoms with Crippen molar-refractivity contribution < 1.29 is 23.8 Å². The van der Waals surface area contributed by atoms with Crippen LogP contribution in [-0.2, 0) is 16.1 Å². The Morgan fingerprint density at radius 2 is 1.44 bits per heavy atom. The number of carbonyl (C=O) groups excluding carboxylic acids is 2. The molecule has 0 atom stereocenters. The minimum absolute atomic E-state index is 0.328. The lowest BCUT2D eigenvalue weighted by molar-refractivity contribution is -0.120. The van der Waals surface area contributed by atoms with Gasteiger partial charge in [-0.3, -0.25) is 9.59 Å². The third-order valence-electron chi connectivity index (χ3n) is 5.71. The van der Waals surface area contributed by atoms with Gasteiger partial charge >= 0.3 is 0 Å². The number of methoxy groups -OCH3 is 3. The summed E-state index contributed by atoms with van der Waals surface area (Å²) in [5.41, 5.74) is 2.73. The molecule has 0 unspecified atom stereocenters. The lowest BCUT2D eigenvalue weighted by Crippen LogP contribution is -2.34. The smallest absolute Gasteiger partial charge is 0.282 e. The molecule has 0 aromatic heterocycles. The van der Waals surface area contributed by atoms with E-state index in [1.807, 2.05) is 42.3 Å². The highest BCUT2D eigenvalue weighted by atomic mass is 16.5. The lowest BCUT2D eigenvalue weighted by Gasteiger charge is -2.22.